The van der Waals surface area contributed by atoms with Crippen LogP contribution in [0, 0.1) is 0 Å². The van der Waals surface area contributed by atoms with E-state index in [2.05, 4.69) is 0 Å². The molecule has 1 aliphatic carbocycles. The highest BCUT2D eigenvalue weighted by Gasteiger charge is 2.59. The molecule has 0 aromatic carbocycles. The second kappa shape index (κ2) is 7.02. The van der Waals surface area contributed by atoms with Crippen molar-refractivity contribution in [2.75, 3.05) is 26.2 Å². The molecule has 3 fully saturated rings. The van der Waals surface area contributed by atoms with Crippen molar-refractivity contribution in [1.82, 2.24) is 14.7 Å². The standard InChI is InChI=1S/C18H25F4N3O4/c1-16(2,3)29-15(28)24-9-11(19)8-12(24)13(26)23-6-7-25(14(27)18(20,21)22)17(10-23)4-5-17/h11-12H,4-10H2,1-3H3/t11-,12+/m1/s1. The molecule has 0 aromatic heterocycles. The number of piperazine rings is 1. The topological polar surface area (TPSA) is 70.2 Å². The first kappa shape index (κ1) is 21.6. The number of ether oxygens (including phenoxy) is 1. The number of hydrogen-bond donors (Lipinski definition) is 0. The van der Waals surface area contributed by atoms with Gasteiger partial charge >= 0.3 is 18.2 Å². The van der Waals surface area contributed by atoms with Crippen molar-refractivity contribution in [1.29, 1.82) is 0 Å². The van der Waals surface area contributed by atoms with Gasteiger partial charge in [-0.1, -0.05) is 0 Å². The summed E-state index contributed by atoms with van der Waals surface area (Å²) in [6.45, 7) is 4.28. The molecule has 7 nitrogen and oxygen atoms in total. The summed E-state index contributed by atoms with van der Waals surface area (Å²) >= 11 is 0. The zero-order chi connectivity index (χ0) is 21.8. The van der Waals surface area contributed by atoms with Crippen molar-refractivity contribution in [3.8, 4) is 0 Å². The van der Waals surface area contributed by atoms with Crippen molar-refractivity contribution >= 4 is 17.9 Å². The van der Waals surface area contributed by atoms with E-state index in [0.29, 0.717) is 12.8 Å². The molecule has 2 aliphatic heterocycles. The van der Waals surface area contributed by atoms with E-state index in [1.807, 2.05) is 0 Å². The molecule has 0 unspecified atom stereocenters. The lowest BCUT2D eigenvalue weighted by Gasteiger charge is -2.43. The summed E-state index contributed by atoms with van der Waals surface area (Å²) < 4.78 is 57.8. The zero-order valence-corrected chi connectivity index (χ0v) is 16.6. The summed E-state index contributed by atoms with van der Waals surface area (Å²) in [5.74, 6) is -2.43. The SMILES string of the molecule is CC(C)(C)OC(=O)N1C[C@H](F)C[C@H]1C(=O)N1CCN(C(=O)C(F)(F)F)C2(CC2)C1. The van der Waals surface area contributed by atoms with Crippen LogP contribution >= 0.6 is 0 Å². The molecular weight excluding hydrogens is 398 g/mol. The molecule has 3 rings (SSSR count). The van der Waals surface area contributed by atoms with E-state index < -0.39 is 47.4 Å². The van der Waals surface area contributed by atoms with E-state index in [-0.39, 0.29) is 32.6 Å². The van der Waals surface area contributed by atoms with E-state index in [0.717, 1.165) is 9.80 Å². The summed E-state index contributed by atoms with van der Waals surface area (Å²) in [5.41, 5.74) is -1.84. The number of carbonyl (C=O) groups is 3. The number of amides is 3. The number of likely N-dealkylation sites (tertiary alicyclic amines) is 1. The molecule has 0 N–H and O–H groups in total. The normalized spacial score (nSPS) is 26.7. The third kappa shape index (κ3) is 4.42. The fourth-order valence-electron chi connectivity index (χ4n) is 3.96. The first-order valence-corrected chi connectivity index (χ1v) is 9.55. The van der Waals surface area contributed by atoms with Crippen LogP contribution in [0.25, 0.3) is 0 Å². The van der Waals surface area contributed by atoms with Gasteiger partial charge in [0.15, 0.2) is 0 Å². The van der Waals surface area contributed by atoms with Gasteiger partial charge in [-0.05, 0) is 33.6 Å². The third-order valence-electron chi connectivity index (χ3n) is 5.44. The lowest BCUT2D eigenvalue weighted by Crippen LogP contribution is -2.62. The quantitative estimate of drug-likeness (QED) is 0.606. The van der Waals surface area contributed by atoms with E-state index in [1.54, 1.807) is 20.8 Å². The number of carbonyl (C=O) groups excluding carboxylic acids is 3. The molecule has 2 saturated heterocycles. The lowest BCUT2D eigenvalue weighted by atomic mass is 10.1. The number of hydrogen-bond acceptors (Lipinski definition) is 4. The van der Waals surface area contributed by atoms with Crippen molar-refractivity contribution in [3.63, 3.8) is 0 Å². The van der Waals surface area contributed by atoms with Crippen LogP contribution in [-0.4, -0.2) is 88.3 Å². The van der Waals surface area contributed by atoms with E-state index in [4.69, 9.17) is 4.74 Å². The van der Waals surface area contributed by atoms with E-state index in [9.17, 15) is 31.9 Å². The summed E-state index contributed by atoms with van der Waals surface area (Å²) in [6, 6.07) is -1.07. The third-order valence-corrected chi connectivity index (χ3v) is 5.44. The second-order valence-corrected chi connectivity index (χ2v) is 8.92. The van der Waals surface area contributed by atoms with Crippen LogP contribution in [0.15, 0.2) is 0 Å². The number of alkyl halides is 4. The molecular formula is C18H25F4N3O4. The Balaban J connectivity index is 1.71. The first-order valence-electron chi connectivity index (χ1n) is 9.55. The van der Waals surface area contributed by atoms with Gasteiger partial charge in [0, 0.05) is 26.1 Å². The molecule has 2 heterocycles. The highest BCUT2D eigenvalue weighted by molar-refractivity contribution is 5.88. The maximum atomic E-state index is 14.0. The van der Waals surface area contributed by atoms with Crippen molar-refractivity contribution in [2.45, 2.75) is 69.6 Å². The first-order chi connectivity index (χ1) is 13.2. The van der Waals surface area contributed by atoms with Gasteiger partial charge in [-0.25, -0.2) is 9.18 Å². The van der Waals surface area contributed by atoms with Crippen molar-refractivity contribution in [3.05, 3.63) is 0 Å². The molecule has 0 radical (unpaired) electrons. The van der Waals surface area contributed by atoms with Crippen molar-refractivity contribution < 1.29 is 36.7 Å². The van der Waals surface area contributed by atoms with Gasteiger partial charge in [-0.3, -0.25) is 14.5 Å². The maximum Gasteiger partial charge on any atom is 0.471 e. The number of nitrogens with zero attached hydrogens (tertiary/aromatic N) is 3. The lowest BCUT2D eigenvalue weighted by molar-refractivity contribution is -0.191. The Morgan fingerprint density at radius 1 is 1.07 bits per heavy atom. The summed E-state index contributed by atoms with van der Waals surface area (Å²) in [5, 5.41) is 0. The number of halogens is 4. The monoisotopic (exact) mass is 423 g/mol. The van der Waals surface area contributed by atoms with Gasteiger partial charge in [0.1, 0.15) is 17.8 Å². The predicted octanol–water partition coefficient (Wildman–Crippen LogP) is 2.10. The van der Waals surface area contributed by atoms with Crippen LogP contribution in [0.1, 0.15) is 40.0 Å². The minimum Gasteiger partial charge on any atom is -0.444 e. The molecule has 3 aliphatic rings. The summed E-state index contributed by atoms with van der Waals surface area (Å²) in [6.07, 6.45) is -6.62. The largest absolute Gasteiger partial charge is 0.471 e. The van der Waals surface area contributed by atoms with Crippen LogP contribution in [0.3, 0.4) is 0 Å². The zero-order valence-electron chi connectivity index (χ0n) is 16.6. The molecule has 29 heavy (non-hydrogen) atoms. The predicted molar refractivity (Wildman–Crippen MR) is 92.6 cm³/mol. The average Bonchev–Trinajstić information content (AvgIpc) is 3.21. The fraction of sp³-hybridized carbons (Fsp3) is 0.833. The second-order valence-electron chi connectivity index (χ2n) is 8.92. The van der Waals surface area contributed by atoms with Gasteiger partial charge in [0.05, 0.1) is 12.1 Å². The average molecular weight is 423 g/mol. The summed E-state index contributed by atoms with van der Waals surface area (Å²) in [7, 11) is 0. The highest BCUT2D eigenvalue weighted by atomic mass is 19.4. The van der Waals surface area contributed by atoms with E-state index in [1.165, 1.54) is 4.90 Å². The molecule has 1 spiro atoms. The Hall–Kier alpha value is -2.07. The molecule has 2 atom stereocenters. The van der Waals surface area contributed by atoms with Crippen LogP contribution in [0.5, 0.6) is 0 Å². The Morgan fingerprint density at radius 3 is 2.21 bits per heavy atom. The van der Waals surface area contributed by atoms with Gasteiger partial charge < -0.3 is 14.5 Å². The molecule has 0 bridgehead atoms. The number of rotatable bonds is 1. The molecule has 3 amide bonds. The van der Waals surface area contributed by atoms with Crippen LogP contribution in [-0.2, 0) is 14.3 Å². The smallest absolute Gasteiger partial charge is 0.444 e. The van der Waals surface area contributed by atoms with Crippen LogP contribution in [0.4, 0.5) is 22.4 Å². The molecule has 1 saturated carbocycles. The Kier molecular flexibility index (Phi) is 5.23. The molecule has 11 heteroatoms. The Morgan fingerprint density at radius 2 is 1.69 bits per heavy atom. The fourth-order valence-corrected chi connectivity index (χ4v) is 3.96. The summed E-state index contributed by atoms with van der Waals surface area (Å²) in [4.78, 5) is 40.3. The van der Waals surface area contributed by atoms with Gasteiger partial charge in [-0.2, -0.15) is 13.2 Å². The Labute approximate surface area is 165 Å². The van der Waals surface area contributed by atoms with Gasteiger partial charge in [0.25, 0.3) is 0 Å². The van der Waals surface area contributed by atoms with E-state index >= 15 is 0 Å². The van der Waals surface area contributed by atoms with Gasteiger partial charge in [-0.15, -0.1) is 0 Å². The Bertz CT molecular complexity index is 702. The minimum atomic E-state index is -4.97. The van der Waals surface area contributed by atoms with Gasteiger partial charge in [0.2, 0.25) is 5.91 Å². The maximum absolute atomic E-state index is 14.0. The highest BCUT2D eigenvalue weighted by Crippen LogP contribution is 2.46. The minimum absolute atomic E-state index is 0.0523. The molecule has 164 valence electrons. The van der Waals surface area contributed by atoms with Crippen LogP contribution in [0.2, 0.25) is 0 Å². The van der Waals surface area contributed by atoms with Crippen LogP contribution < -0.4 is 0 Å². The van der Waals surface area contributed by atoms with Crippen molar-refractivity contribution in [2.24, 2.45) is 0 Å². The molecule has 0 aromatic rings.